The number of hydrogen-bond acceptors (Lipinski definition) is 11. The van der Waals surface area contributed by atoms with E-state index < -0.39 is 37.9 Å². The number of benzene rings is 1. The number of anilines is 1. The molecule has 2 aliphatic heterocycles. The number of carbonyl (C=O) groups is 1. The summed E-state index contributed by atoms with van der Waals surface area (Å²) in [5.41, 5.74) is 1.09. The topological polar surface area (TPSA) is 149 Å². The largest absolute Gasteiger partial charge is 0.353 e. The van der Waals surface area contributed by atoms with E-state index in [0.29, 0.717) is 11.2 Å². The molecular formula is C24H29N6O7P. The zero-order chi connectivity index (χ0) is 26.9. The second-order valence-electron chi connectivity index (χ2n) is 9.02. The minimum atomic E-state index is -3.46. The zero-order valence-electron chi connectivity index (χ0n) is 21.4. The lowest BCUT2D eigenvalue weighted by atomic mass is 10.1. The van der Waals surface area contributed by atoms with Crippen LogP contribution in [0.3, 0.4) is 0 Å². The maximum absolute atomic E-state index is 13.0. The van der Waals surface area contributed by atoms with E-state index in [1.54, 1.807) is 58.0 Å². The molecule has 0 saturated carbocycles. The molecule has 2 fully saturated rings. The summed E-state index contributed by atoms with van der Waals surface area (Å²) in [4.78, 5) is 21.2. The van der Waals surface area contributed by atoms with Gasteiger partial charge in [0.1, 0.15) is 24.6 Å². The molecule has 1 aromatic carbocycles. The summed E-state index contributed by atoms with van der Waals surface area (Å²) in [5, 5.41) is 11.2. The van der Waals surface area contributed by atoms with Crippen LogP contribution in [0.4, 0.5) is 5.82 Å². The second kappa shape index (κ2) is 10.6. The molecule has 38 heavy (non-hydrogen) atoms. The number of nitrogens with one attached hydrogen (secondary N) is 1. The van der Waals surface area contributed by atoms with E-state index in [4.69, 9.17) is 23.3 Å². The van der Waals surface area contributed by atoms with E-state index in [0.717, 1.165) is 0 Å². The van der Waals surface area contributed by atoms with Crippen molar-refractivity contribution in [2.75, 3.05) is 18.5 Å². The van der Waals surface area contributed by atoms with E-state index in [1.165, 1.54) is 16.8 Å². The number of fused-ring (bicyclic) bond motifs is 2. The molecule has 0 bridgehead atoms. The molecule has 202 valence electrons. The first-order valence-electron chi connectivity index (χ1n) is 12.2. The Bertz CT molecular complexity index is 1370. The maximum atomic E-state index is 13.0. The Labute approximate surface area is 219 Å². The van der Waals surface area contributed by atoms with E-state index in [9.17, 15) is 9.36 Å². The zero-order valence-corrected chi connectivity index (χ0v) is 22.3. The van der Waals surface area contributed by atoms with Crippen LogP contribution in [-0.4, -0.2) is 68.2 Å². The fourth-order valence-corrected chi connectivity index (χ4v) is 5.78. The highest BCUT2D eigenvalue weighted by atomic mass is 31.2. The monoisotopic (exact) mass is 544 g/mol. The second-order valence-corrected chi connectivity index (χ2v) is 10.9. The van der Waals surface area contributed by atoms with Gasteiger partial charge in [-0.3, -0.25) is 9.36 Å². The van der Waals surface area contributed by atoms with E-state index in [2.05, 4.69) is 25.6 Å². The van der Waals surface area contributed by atoms with Gasteiger partial charge in [0, 0.05) is 11.4 Å². The lowest BCUT2D eigenvalue weighted by molar-refractivity contribution is -0.192. The fraction of sp³-hybridized carbons (Fsp3) is 0.458. The maximum Gasteiger partial charge on any atom is 0.353 e. The standard InChI is InChI=1S/C24H29N6O7P/c1-5-33-38(32,34-6-2)13-12-16-18-19(37-24(3,4)36-18)23(35-16)30-21-17(28-29-30)20(25-14-26-21)27-22(31)15-10-8-7-9-11-15/h7-14,16,18-19,23H,5-6H2,1-4H3,(H,25,26,27,31). The van der Waals surface area contributed by atoms with Crippen LogP contribution in [-0.2, 0) is 27.8 Å². The average molecular weight is 545 g/mol. The molecule has 1 N–H and O–H groups in total. The highest BCUT2D eigenvalue weighted by Crippen LogP contribution is 2.51. The van der Waals surface area contributed by atoms with Crippen molar-refractivity contribution in [3.63, 3.8) is 0 Å². The molecule has 2 saturated heterocycles. The van der Waals surface area contributed by atoms with Gasteiger partial charge in [0.2, 0.25) is 0 Å². The first-order valence-corrected chi connectivity index (χ1v) is 13.9. The van der Waals surface area contributed by atoms with Crippen molar-refractivity contribution in [3.05, 3.63) is 54.1 Å². The molecule has 4 heterocycles. The Morgan fingerprint density at radius 1 is 1.13 bits per heavy atom. The minimum absolute atomic E-state index is 0.208. The van der Waals surface area contributed by atoms with Gasteiger partial charge in [-0.15, -0.1) is 5.10 Å². The van der Waals surface area contributed by atoms with E-state index >= 15 is 0 Å². The molecule has 0 spiro atoms. The first kappa shape index (κ1) is 26.5. The Morgan fingerprint density at radius 3 is 2.55 bits per heavy atom. The molecule has 0 aliphatic carbocycles. The highest BCUT2D eigenvalue weighted by Gasteiger charge is 2.56. The SMILES string of the molecule is CCOP(=O)(C=CC1OC(n2nnc3c(NC(=O)c4ccccc4)ncnc32)C2OC(C)(C)OC12)OCC. The van der Waals surface area contributed by atoms with Gasteiger partial charge in [-0.2, -0.15) is 4.68 Å². The summed E-state index contributed by atoms with van der Waals surface area (Å²) in [6.07, 6.45) is 0.352. The van der Waals surface area contributed by atoms with Crippen LogP contribution < -0.4 is 5.32 Å². The summed E-state index contributed by atoms with van der Waals surface area (Å²) in [6, 6.07) is 8.75. The third-order valence-corrected chi connectivity index (χ3v) is 7.68. The van der Waals surface area contributed by atoms with Gasteiger partial charge in [0.15, 0.2) is 29.0 Å². The van der Waals surface area contributed by atoms with Crippen LogP contribution in [0.2, 0.25) is 0 Å². The number of nitrogens with zero attached hydrogens (tertiary/aromatic N) is 5. The predicted molar refractivity (Wildman–Crippen MR) is 135 cm³/mol. The number of amides is 1. The molecule has 1 amide bonds. The van der Waals surface area contributed by atoms with Crippen LogP contribution in [0.5, 0.6) is 0 Å². The smallest absolute Gasteiger partial charge is 0.343 e. The summed E-state index contributed by atoms with van der Waals surface area (Å²) < 4.78 is 43.7. The average Bonchev–Trinajstić information content (AvgIpc) is 3.55. The van der Waals surface area contributed by atoms with Gasteiger partial charge in [-0.05, 0) is 45.9 Å². The third kappa shape index (κ3) is 5.26. The summed E-state index contributed by atoms with van der Waals surface area (Å²) in [7, 11) is -3.46. The lowest BCUT2D eigenvalue weighted by Gasteiger charge is -2.23. The van der Waals surface area contributed by atoms with Crippen molar-refractivity contribution < 1.29 is 32.6 Å². The summed E-state index contributed by atoms with van der Waals surface area (Å²) in [6.45, 7) is 7.52. The predicted octanol–water partition coefficient (Wildman–Crippen LogP) is 3.67. The number of hydrogen-bond donors (Lipinski definition) is 1. The molecule has 3 aromatic rings. The van der Waals surface area contributed by atoms with Crippen molar-refractivity contribution in [2.24, 2.45) is 0 Å². The van der Waals surface area contributed by atoms with Crippen LogP contribution in [0.25, 0.3) is 11.2 Å². The van der Waals surface area contributed by atoms with Crippen LogP contribution in [0, 0.1) is 0 Å². The number of aromatic nitrogens is 5. The summed E-state index contributed by atoms with van der Waals surface area (Å²) >= 11 is 0. The third-order valence-electron chi connectivity index (χ3n) is 5.91. The minimum Gasteiger partial charge on any atom is -0.343 e. The Kier molecular flexibility index (Phi) is 7.40. The number of carbonyl (C=O) groups excluding carboxylic acids is 1. The normalized spacial score (nSPS) is 24.7. The quantitative estimate of drug-likeness (QED) is 0.393. The van der Waals surface area contributed by atoms with E-state index in [1.807, 2.05) is 6.07 Å². The van der Waals surface area contributed by atoms with Gasteiger partial charge in [0.05, 0.1) is 13.2 Å². The highest BCUT2D eigenvalue weighted by molar-refractivity contribution is 7.57. The van der Waals surface area contributed by atoms with Crippen molar-refractivity contribution >= 4 is 30.5 Å². The van der Waals surface area contributed by atoms with Crippen molar-refractivity contribution in [3.8, 4) is 0 Å². The Balaban J connectivity index is 1.44. The molecule has 2 aliphatic rings. The Hall–Kier alpha value is -3.06. The number of rotatable bonds is 9. The van der Waals surface area contributed by atoms with Crippen molar-refractivity contribution in [1.29, 1.82) is 0 Å². The fourth-order valence-electron chi connectivity index (χ4n) is 4.43. The molecular weight excluding hydrogens is 515 g/mol. The molecule has 4 unspecified atom stereocenters. The molecule has 13 nitrogen and oxygen atoms in total. The number of ether oxygens (including phenoxy) is 3. The first-order chi connectivity index (χ1) is 18.2. The van der Waals surface area contributed by atoms with Crippen molar-refractivity contribution in [2.45, 2.75) is 58.0 Å². The molecule has 14 heteroatoms. The van der Waals surface area contributed by atoms with E-state index in [-0.39, 0.29) is 30.5 Å². The van der Waals surface area contributed by atoms with Crippen LogP contribution >= 0.6 is 7.60 Å². The van der Waals surface area contributed by atoms with Crippen LogP contribution in [0.15, 0.2) is 48.6 Å². The molecule has 4 atom stereocenters. The van der Waals surface area contributed by atoms with Gasteiger partial charge >= 0.3 is 7.60 Å². The van der Waals surface area contributed by atoms with Gasteiger partial charge in [-0.1, -0.05) is 23.4 Å². The Morgan fingerprint density at radius 2 is 1.84 bits per heavy atom. The van der Waals surface area contributed by atoms with Gasteiger partial charge < -0.3 is 28.6 Å². The molecule has 0 radical (unpaired) electrons. The molecule has 2 aromatic heterocycles. The van der Waals surface area contributed by atoms with Gasteiger partial charge in [-0.25, -0.2) is 9.97 Å². The van der Waals surface area contributed by atoms with Gasteiger partial charge in [0.25, 0.3) is 5.91 Å². The summed E-state index contributed by atoms with van der Waals surface area (Å²) in [5.74, 6) is 0.356. The lowest BCUT2D eigenvalue weighted by Crippen LogP contribution is -2.28. The van der Waals surface area contributed by atoms with Crippen molar-refractivity contribution in [1.82, 2.24) is 25.0 Å². The molecule has 5 rings (SSSR count). The van der Waals surface area contributed by atoms with Crippen LogP contribution in [0.1, 0.15) is 44.3 Å².